The zero-order chi connectivity index (χ0) is 10.6. The highest BCUT2D eigenvalue weighted by Gasteiger charge is 1.96. The number of methoxy groups -OCH3 is 1. The number of ether oxygens (including phenoxy) is 1. The molecule has 2 heteroatoms. The van der Waals surface area contributed by atoms with E-state index in [-0.39, 0.29) is 5.97 Å². The number of hydrogen-bond donors (Lipinski definition) is 0. The van der Waals surface area contributed by atoms with Crippen LogP contribution in [-0.4, -0.2) is 13.1 Å². The zero-order valence-corrected chi connectivity index (χ0v) is 9.42. The van der Waals surface area contributed by atoms with Crippen molar-refractivity contribution >= 4 is 5.97 Å². The molecule has 0 bridgehead atoms. The van der Waals surface area contributed by atoms with E-state index in [9.17, 15) is 4.79 Å². The first-order chi connectivity index (χ1) is 6.81. The number of carbonyl (C=O) groups is 1. The normalized spacial score (nSPS) is 10.7. The predicted octanol–water partition coefficient (Wildman–Crippen LogP) is 3.47. The molecule has 0 N–H and O–H groups in total. The molecule has 0 aliphatic carbocycles. The Bertz CT molecular complexity index is 162. The van der Waals surface area contributed by atoms with Crippen molar-refractivity contribution in [3.05, 3.63) is 12.2 Å². The summed E-state index contributed by atoms with van der Waals surface area (Å²) in [7, 11) is 1.43. The highest BCUT2D eigenvalue weighted by atomic mass is 16.5. The van der Waals surface area contributed by atoms with Crippen LogP contribution < -0.4 is 0 Å². The molecule has 0 spiro atoms. The molecule has 0 atom stereocenters. The van der Waals surface area contributed by atoms with Crippen molar-refractivity contribution < 1.29 is 9.53 Å². The molecular formula is C12H22O2. The first-order valence-electron chi connectivity index (χ1n) is 5.53. The summed E-state index contributed by atoms with van der Waals surface area (Å²) in [5.74, 6) is -0.107. The maximum absolute atomic E-state index is 10.7. The lowest BCUT2D eigenvalue weighted by Gasteiger charge is -1.96. The summed E-state index contributed by atoms with van der Waals surface area (Å²) in [4.78, 5) is 10.7. The Morgan fingerprint density at radius 3 is 2.36 bits per heavy atom. The third kappa shape index (κ3) is 9.30. The van der Waals surface area contributed by atoms with Gasteiger partial charge in [0.25, 0.3) is 0 Å². The van der Waals surface area contributed by atoms with Crippen molar-refractivity contribution in [1.82, 2.24) is 0 Å². The third-order valence-electron chi connectivity index (χ3n) is 2.12. The number of allylic oxidation sites excluding steroid dienone is 2. The zero-order valence-electron chi connectivity index (χ0n) is 9.42. The van der Waals surface area contributed by atoms with Gasteiger partial charge in [-0.3, -0.25) is 4.79 Å². The van der Waals surface area contributed by atoms with Gasteiger partial charge in [0.05, 0.1) is 7.11 Å². The average Bonchev–Trinajstić information content (AvgIpc) is 2.21. The largest absolute Gasteiger partial charge is 0.469 e. The average molecular weight is 198 g/mol. The highest BCUT2D eigenvalue weighted by molar-refractivity contribution is 5.68. The standard InChI is InChI=1S/C12H22O2/c1-3-4-5-6-7-8-9-10-11-12(13)14-2/h7-8H,3-6,9-11H2,1-2H3/b8-7+. The van der Waals surface area contributed by atoms with Crippen LogP contribution in [0.3, 0.4) is 0 Å². The fourth-order valence-electron chi connectivity index (χ4n) is 1.21. The van der Waals surface area contributed by atoms with Crippen molar-refractivity contribution in [2.75, 3.05) is 7.11 Å². The van der Waals surface area contributed by atoms with Gasteiger partial charge in [-0.25, -0.2) is 0 Å². The lowest BCUT2D eigenvalue weighted by molar-refractivity contribution is -0.140. The Morgan fingerprint density at radius 1 is 1.14 bits per heavy atom. The molecular weight excluding hydrogens is 176 g/mol. The molecule has 0 radical (unpaired) electrons. The maximum atomic E-state index is 10.7. The smallest absolute Gasteiger partial charge is 0.305 e. The Hall–Kier alpha value is -0.790. The lowest BCUT2D eigenvalue weighted by Crippen LogP contribution is -1.98. The van der Waals surface area contributed by atoms with Crippen molar-refractivity contribution in [1.29, 1.82) is 0 Å². The van der Waals surface area contributed by atoms with Crippen molar-refractivity contribution in [2.24, 2.45) is 0 Å². The van der Waals surface area contributed by atoms with Gasteiger partial charge in [-0.1, -0.05) is 31.9 Å². The minimum atomic E-state index is -0.107. The first kappa shape index (κ1) is 13.2. The molecule has 0 saturated heterocycles. The predicted molar refractivity (Wildman–Crippen MR) is 59.1 cm³/mol. The second-order valence-corrected chi connectivity index (χ2v) is 3.44. The van der Waals surface area contributed by atoms with E-state index in [1.807, 2.05) is 0 Å². The number of esters is 1. The monoisotopic (exact) mass is 198 g/mol. The topological polar surface area (TPSA) is 26.3 Å². The molecule has 0 aromatic heterocycles. The molecule has 0 rings (SSSR count). The van der Waals surface area contributed by atoms with E-state index in [4.69, 9.17) is 0 Å². The van der Waals surface area contributed by atoms with Crippen LogP contribution >= 0.6 is 0 Å². The Labute approximate surface area is 87.3 Å². The maximum Gasteiger partial charge on any atom is 0.305 e. The van der Waals surface area contributed by atoms with E-state index in [1.165, 1.54) is 32.8 Å². The number of carbonyl (C=O) groups excluding carboxylic acids is 1. The minimum absolute atomic E-state index is 0.107. The summed E-state index contributed by atoms with van der Waals surface area (Å²) >= 11 is 0. The van der Waals surface area contributed by atoms with Crippen LogP contribution in [0.25, 0.3) is 0 Å². The van der Waals surface area contributed by atoms with Gasteiger partial charge in [0.15, 0.2) is 0 Å². The molecule has 0 amide bonds. The van der Waals surface area contributed by atoms with Gasteiger partial charge in [0.2, 0.25) is 0 Å². The number of unbranched alkanes of at least 4 members (excludes halogenated alkanes) is 4. The number of rotatable bonds is 8. The van der Waals surface area contributed by atoms with Crippen molar-refractivity contribution in [3.8, 4) is 0 Å². The molecule has 0 fully saturated rings. The van der Waals surface area contributed by atoms with Gasteiger partial charge in [0.1, 0.15) is 0 Å². The van der Waals surface area contributed by atoms with E-state index >= 15 is 0 Å². The molecule has 0 saturated carbocycles. The second-order valence-electron chi connectivity index (χ2n) is 3.44. The summed E-state index contributed by atoms with van der Waals surface area (Å²) in [5, 5.41) is 0. The van der Waals surface area contributed by atoms with E-state index in [1.54, 1.807) is 0 Å². The first-order valence-corrected chi connectivity index (χ1v) is 5.53. The van der Waals surface area contributed by atoms with Crippen LogP contribution in [0.5, 0.6) is 0 Å². The second kappa shape index (κ2) is 10.3. The van der Waals surface area contributed by atoms with Crippen molar-refractivity contribution in [2.45, 2.75) is 51.9 Å². The van der Waals surface area contributed by atoms with Crippen LogP contribution in [0.15, 0.2) is 12.2 Å². The quantitative estimate of drug-likeness (QED) is 0.339. The molecule has 2 nitrogen and oxygen atoms in total. The number of hydrogen-bond acceptors (Lipinski definition) is 2. The molecule has 0 aromatic carbocycles. The van der Waals surface area contributed by atoms with E-state index in [2.05, 4.69) is 23.8 Å². The van der Waals surface area contributed by atoms with Gasteiger partial charge < -0.3 is 4.74 Å². The van der Waals surface area contributed by atoms with E-state index in [0.717, 1.165) is 12.8 Å². The molecule has 14 heavy (non-hydrogen) atoms. The highest BCUT2D eigenvalue weighted by Crippen LogP contribution is 2.02. The van der Waals surface area contributed by atoms with Gasteiger partial charge in [-0.05, 0) is 25.7 Å². The fourth-order valence-corrected chi connectivity index (χ4v) is 1.21. The third-order valence-corrected chi connectivity index (χ3v) is 2.12. The summed E-state index contributed by atoms with van der Waals surface area (Å²) in [5.41, 5.74) is 0. The van der Waals surface area contributed by atoms with E-state index in [0.29, 0.717) is 6.42 Å². The van der Waals surface area contributed by atoms with Gasteiger partial charge in [-0.15, -0.1) is 0 Å². The summed E-state index contributed by atoms with van der Waals surface area (Å²) < 4.78 is 4.55. The van der Waals surface area contributed by atoms with Crippen molar-refractivity contribution in [3.63, 3.8) is 0 Å². The van der Waals surface area contributed by atoms with Crippen LogP contribution in [0.2, 0.25) is 0 Å². The summed E-state index contributed by atoms with van der Waals surface area (Å²) in [6.45, 7) is 2.21. The Kier molecular flexibility index (Phi) is 9.71. The molecule has 0 heterocycles. The van der Waals surface area contributed by atoms with Crippen LogP contribution in [0.4, 0.5) is 0 Å². The SMILES string of the molecule is CCCCC/C=C/CCCC(=O)OC. The van der Waals surface area contributed by atoms with Crippen LogP contribution in [0, 0.1) is 0 Å². The molecule has 0 aliphatic rings. The van der Waals surface area contributed by atoms with Gasteiger partial charge in [0, 0.05) is 6.42 Å². The molecule has 0 aliphatic heterocycles. The van der Waals surface area contributed by atoms with Crippen LogP contribution in [0.1, 0.15) is 51.9 Å². The molecule has 0 aromatic rings. The molecule has 82 valence electrons. The van der Waals surface area contributed by atoms with Gasteiger partial charge in [-0.2, -0.15) is 0 Å². The Balaban J connectivity index is 3.14. The summed E-state index contributed by atoms with van der Waals surface area (Å²) in [6, 6.07) is 0. The molecule has 0 unspecified atom stereocenters. The minimum Gasteiger partial charge on any atom is -0.469 e. The van der Waals surface area contributed by atoms with Gasteiger partial charge >= 0.3 is 5.97 Å². The van der Waals surface area contributed by atoms with Crippen LogP contribution in [-0.2, 0) is 9.53 Å². The Morgan fingerprint density at radius 2 is 1.79 bits per heavy atom. The fraction of sp³-hybridized carbons (Fsp3) is 0.750. The summed E-state index contributed by atoms with van der Waals surface area (Å²) in [6.07, 6.45) is 11.8. The lowest BCUT2D eigenvalue weighted by atomic mass is 10.1. The van der Waals surface area contributed by atoms with E-state index < -0.39 is 0 Å².